The monoisotopic (exact) mass is 250 g/mol. The van der Waals surface area contributed by atoms with Gasteiger partial charge in [-0.25, -0.2) is 0 Å². The number of aromatic nitrogens is 1. The molecule has 0 bridgehead atoms. The van der Waals surface area contributed by atoms with Crippen LogP contribution in [0.2, 0.25) is 0 Å². The summed E-state index contributed by atoms with van der Waals surface area (Å²) in [6.07, 6.45) is 2.60. The van der Waals surface area contributed by atoms with Gasteiger partial charge in [0.25, 0.3) is 0 Å². The molecular weight excluding hydrogens is 228 g/mol. The van der Waals surface area contributed by atoms with Crippen molar-refractivity contribution in [3.8, 4) is 0 Å². The van der Waals surface area contributed by atoms with Gasteiger partial charge in [0.05, 0.1) is 10.9 Å². The minimum atomic E-state index is 0.134. The fraction of sp³-hybridized carbons (Fsp3) is 0.643. The van der Waals surface area contributed by atoms with Gasteiger partial charge in [-0.15, -0.1) is 0 Å². The zero-order valence-corrected chi connectivity index (χ0v) is 11.8. The molecule has 0 spiro atoms. The minimum absolute atomic E-state index is 0.134. The van der Waals surface area contributed by atoms with Crippen LogP contribution in [0.3, 0.4) is 0 Å². The molecule has 1 aromatic rings. The molecule has 17 heavy (non-hydrogen) atoms. The summed E-state index contributed by atoms with van der Waals surface area (Å²) in [4.78, 5) is 4.72. The molecule has 1 fully saturated rings. The van der Waals surface area contributed by atoms with Crippen LogP contribution in [-0.2, 0) is 0 Å². The first kappa shape index (κ1) is 12.9. The van der Waals surface area contributed by atoms with E-state index in [0.717, 1.165) is 12.2 Å². The van der Waals surface area contributed by atoms with Gasteiger partial charge in [0.2, 0.25) is 0 Å². The Bertz CT molecular complexity index is 380. The Balaban J connectivity index is 1.98. The molecule has 0 aromatic carbocycles. The normalized spacial score (nSPS) is 18.1. The molecule has 94 valence electrons. The van der Waals surface area contributed by atoms with Crippen LogP contribution in [0.4, 0.5) is 0 Å². The van der Waals surface area contributed by atoms with Gasteiger partial charge in [0, 0.05) is 23.7 Å². The lowest BCUT2D eigenvalue weighted by atomic mass is 10.1. The Morgan fingerprint density at radius 3 is 2.71 bits per heavy atom. The van der Waals surface area contributed by atoms with Crippen LogP contribution in [0.1, 0.15) is 56.2 Å². The van der Waals surface area contributed by atoms with Gasteiger partial charge in [-0.05, 0) is 45.7 Å². The van der Waals surface area contributed by atoms with Crippen LogP contribution >= 0.6 is 12.6 Å². The van der Waals surface area contributed by atoms with Crippen molar-refractivity contribution in [3.63, 3.8) is 0 Å². The van der Waals surface area contributed by atoms with Crippen LogP contribution in [0.5, 0.6) is 0 Å². The molecule has 1 aliphatic carbocycles. The molecule has 2 rings (SSSR count). The molecular formula is C14H22N2S. The lowest BCUT2D eigenvalue weighted by Gasteiger charge is -2.23. The maximum atomic E-state index is 4.72. The maximum absolute atomic E-state index is 4.72. The summed E-state index contributed by atoms with van der Waals surface area (Å²) >= 11 is 4.64. The Labute approximate surface area is 110 Å². The summed E-state index contributed by atoms with van der Waals surface area (Å²) in [5.41, 5.74) is 2.47. The molecule has 0 radical (unpaired) electrons. The Morgan fingerprint density at radius 1 is 1.41 bits per heavy atom. The second-order valence-electron chi connectivity index (χ2n) is 5.91. The van der Waals surface area contributed by atoms with E-state index >= 15 is 0 Å². The Morgan fingerprint density at radius 2 is 2.12 bits per heavy atom. The van der Waals surface area contributed by atoms with Gasteiger partial charge in [-0.3, -0.25) is 4.98 Å². The van der Waals surface area contributed by atoms with E-state index in [0.29, 0.717) is 5.92 Å². The van der Waals surface area contributed by atoms with Crippen LogP contribution in [0.15, 0.2) is 18.2 Å². The third kappa shape index (κ3) is 4.00. The molecule has 1 unspecified atom stereocenters. The van der Waals surface area contributed by atoms with Gasteiger partial charge in [-0.1, -0.05) is 6.07 Å². The Kier molecular flexibility index (Phi) is 3.79. The largest absolute Gasteiger partial charge is 0.311 e. The number of nitrogens with zero attached hydrogens (tertiary/aromatic N) is 1. The van der Waals surface area contributed by atoms with E-state index in [1.807, 2.05) is 0 Å². The number of rotatable bonds is 4. The molecule has 0 saturated heterocycles. The third-order valence-electron chi connectivity index (χ3n) is 2.95. The predicted octanol–water partition coefficient (Wildman–Crippen LogP) is 3.32. The van der Waals surface area contributed by atoms with Crippen LogP contribution in [0.25, 0.3) is 0 Å². The smallest absolute Gasteiger partial charge is 0.0564 e. The van der Waals surface area contributed by atoms with Crippen molar-refractivity contribution in [2.75, 3.05) is 6.54 Å². The van der Waals surface area contributed by atoms with E-state index < -0.39 is 0 Å². The summed E-state index contributed by atoms with van der Waals surface area (Å²) in [6.45, 7) is 7.36. The summed E-state index contributed by atoms with van der Waals surface area (Å²) in [5.74, 6) is 0.714. The second-order valence-corrected chi connectivity index (χ2v) is 6.53. The molecule has 1 heterocycles. The van der Waals surface area contributed by atoms with Crippen molar-refractivity contribution >= 4 is 12.6 Å². The number of thiol groups is 1. The van der Waals surface area contributed by atoms with Crippen molar-refractivity contribution in [1.82, 2.24) is 10.3 Å². The van der Waals surface area contributed by atoms with Crippen molar-refractivity contribution in [2.45, 2.75) is 50.3 Å². The van der Waals surface area contributed by atoms with Crippen molar-refractivity contribution in [1.29, 1.82) is 0 Å². The van der Waals surface area contributed by atoms with Gasteiger partial charge in [-0.2, -0.15) is 12.6 Å². The molecule has 1 atom stereocenters. The zero-order valence-electron chi connectivity index (χ0n) is 10.9. The highest BCUT2D eigenvalue weighted by atomic mass is 32.1. The van der Waals surface area contributed by atoms with Gasteiger partial charge in [0.1, 0.15) is 0 Å². The molecule has 1 N–H and O–H groups in total. The zero-order chi connectivity index (χ0) is 12.5. The van der Waals surface area contributed by atoms with Gasteiger partial charge < -0.3 is 5.32 Å². The van der Waals surface area contributed by atoms with Crippen LogP contribution in [0, 0.1) is 0 Å². The van der Waals surface area contributed by atoms with E-state index in [9.17, 15) is 0 Å². The predicted molar refractivity (Wildman–Crippen MR) is 75.7 cm³/mol. The summed E-state index contributed by atoms with van der Waals surface area (Å²) in [6, 6.07) is 6.32. The molecule has 2 nitrogen and oxygen atoms in total. The highest BCUT2D eigenvalue weighted by Gasteiger charge is 2.25. The summed E-state index contributed by atoms with van der Waals surface area (Å²) in [7, 11) is 0. The lowest BCUT2D eigenvalue weighted by Crippen LogP contribution is -2.37. The fourth-order valence-electron chi connectivity index (χ4n) is 1.77. The van der Waals surface area contributed by atoms with Crippen LogP contribution < -0.4 is 5.32 Å². The van der Waals surface area contributed by atoms with Crippen molar-refractivity contribution in [3.05, 3.63) is 29.6 Å². The maximum Gasteiger partial charge on any atom is 0.0564 e. The highest BCUT2D eigenvalue weighted by molar-refractivity contribution is 7.80. The molecule has 0 amide bonds. The lowest BCUT2D eigenvalue weighted by molar-refractivity contribution is 0.427. The highest BCUT2D eigenvalue weighted by Crippen LogP contribution is 2.39. The first-order valence-corrected chi connectivity index (χ1v) is 6.87. The first-order chi connectivity index (χ1) is 7.96. The fourth-order valence-corrected chi connectivity index (χ4v) is 2.00. The third-order valence-corrected chi connectivity index (χ3v) is 3.40. The molecule has 1 saturated carbocycles. The number of pyridine rings is 1. The minimum Gasteiger partial charge on any atom is -0.311 e. The molecule has 3 heteroatoms. The quantitative estimate of drug-likeness (QED) is 0.801. The average Bonchev–Trinajstić information content (AvgIpc) is 3.09. The van der Waals surface area contributed by atoms with E-state index in [-0.39, 0.29) is 10.8 Å². The number of hydrogen-bond donors (Lipinski definition) is 2. The standard InChI is InChI=1S/C14H22N2S/c1-14(2,3)15-9-13(17)12-6-4-5-11(16-12)10-7-8-10/h4-6,10,13,15,17H,7-9H2,1-3H3. The van der Waals surface area contributed by atoms with Gasteiger partial charge >= 0.3 is 0 Å². The van der Waals surface area contributed by atoms with E-state index in [1.54, 1.807) is 0 Å². The summed E-state index contributed by atoms with van der Waals surface area (Å²) in [5, 5.41) is 3.64. The van der Waals surface area contributed by atoms with Gasteiger partial charge in [0.15, 0.2) is 0 Å². The van der Waals surface area contributed by atoms with Crippen molar-refractivity contribution in [2.24, 2.45) is 0 Å². The first-order valence-electron chi connectivity index (χ1n) is 6.36. The average molecular weight is 250 g/mol. The van der Waals surface area contributed by atoms with E-state index in [2.05, 4.69) is 56.9 Å². The number of hydrogen-bond acceptors (Lipinski definition) is 3. The van der Waals surface area contributed by atoms with E-state index in [4.69, 9.17) is 4.98 Å². The number of nitrogens with one attached hydrogen (secondary N) is 1. The molecule has 1 aromatic heterocycles. The second kappa shape index (κ2) is 4.99. The topological polar surface area (TPSA) is 24.9 Å². The SMILES string of the molecule is CC(C)(C)NCC(S)c1cccc(C2CC2)n1. The summed E-state index contributed by atoms with van der Waals surface area (Å²) < 4.78 is 0. The molecule has 1 aliphatic rings. The molecule has 0 aliphatic heterocycles. The van der Waals surface area contributed by atoms with E-state index in [1.165, 1.54) is 18.5 Å². The van der Waals surface area contributed by atoms with Crippen LogP contribution in [-0.4, -0.2) is 17.1 Å². The van der Waals surface area contributed by atoms with Crippen molar-refractivity contribution < 1.29 is 0 Å². The Hall–Kier alpha value is -0.540.